The molecule has 0 N–H and O–H groups in total. The number of halogens is 2. The van der Waals surface area contributed by atoms with E-state index in [2.05, 4.69) is 4.90 Å². The van der Waals surface area contributed by atoms with Crippen LogP contribution in [0, 0.1) is 5.82 Å². The van der Waals surface area contributed by atoms with E-state index in [0.29, 0.717) is 5.88 Å². The summed E-state index contributed by atoms with van der Waals surface area (Å²) in [6, 6.07) is 5.04. The summed E-state index contributed by atoms with van der Waals surface area (Å²) in [5.41, 5.74) is 0.940. The zero-order valence-corrected chi connectivity index (χ0v) is 10.4. The number of ether oxygens (including phenoxy) is 1. The molecule has 0 amide bonds. The van der Waals surface area contributed by atoms with Crippen molar-refractivity contribution >= 4 is 11.6 Å². The van der Waals surface area contributed by atoms with E-state index >= 15 is 0 Å². The minimum Gasteiger partial charge on any atom is -0.494 e. The number of benzene rings is 1. The molecule has 0 aliphatic heterocycles. The fraction of sp³-hybridized carbons (Fsp3) is 0.500. The molecule has 0 radical (unpaired) electrons. The van der Waals surface area contributed by atoms with Gasteiger partial charge in [-0.3, -0.25) is 0 Å². The molecule has 16 heavy (non-hydrogen) atoms. The Morgan fingerprint density at radius 3 is 2.75 bits per heavy atom. The van der Waals surface area contributed by atoms with E-state index in [-0.39, 0.29) is 11.6 Å². The van der Waals surface area contributed by atoms with Gasteiger partial charge in [0.1, 0.15) is 0 Å². The van der Waals surface area contributed by atoms with Gasteiger partial charge >= 0.3 is 0 Å². The highest BCUT2D eigenvalue weighted by Gasteiger charge is 2.05. The van der Waals surface area contributed by atoms with Gasteiger partial charge < -0.3 is 9.64 Å². The van der Waals surface area contributed by atoms with Crippen LogP contribution in [0.5, 0.6) is 5.75 Å². The highest BCUT2D eigenvalue weighted by atomic mass is 35.5. The summed E-state index contributed by atoms with van der Waals surface area (Å²) in [5.74, 6) is 0.624. The van der Waals surface area contributed by atoms with Crippen molar-refractivity contribution in [3.63, 3.8) is 0 Å². The molecular weight excluding hydrogens is 229 g/mol. The van der Waals surface area contributed by atoms with Crippen LogP contribution in [0.2, 0.25) is 0 Å². The Morgan fingerprint density at radius 2 is 2.19 bits per heavy atom. The number of nitrogens with zero attached hydrogens (tertiary/aromatic N) is 1. The maximum atomic E-state index is 13.4. The van der Waals surface area contributed by atoms with Crippen LogP contribution in [-0.4, -0.2) is 31.5 Å². The molecule has 0 atom stereocenters. The number of methoxy groups -OCH3 is 1. The zero-order valence-electron chi connectivity index (χ0n) is 9.67. The third-order valence-electron chi connectivity index (χ3n) is 2.34. The molecule has 0 spiro atoms. The summed E-state index contributed by atoms with van der Waals surface area (Å²) in [5, 5.41) is 0. The number of alkyl halides is 1. The molecule has 0 bridgehead atoms. The van der Waals surface area contributed by atoms with E-state index in [0.717, 1.165) is 25.1 Å². The number of hydrogen-bond donors (Lipinski definition) is 0. The minimum absolute atomic E-state index is 0.284. The normalized spacial score (nSPS) is 10.8. The molecule has 0 fully saturated rings. The molecule has 1 aromatic rings. The van der Waals surface area contributed by atoms with Crippen LogP contribution in [0.1, 0.15) is 12.0 Å². The van der Waals surface area contributed by atoms with E-state index in [1.54, 1.807) is 6.07 Å². The lowest BCUT2D eigenvalue weighted by Crippen LogP contribution is -2.19. The molecule has 1 rings (SSSR count). The SMILES string of the molecule is COc1ccc(CN(C)CCCCl)cc1F. The lowest BCUT2D eigenvalue weighted by atomic mass is 10.2. The predicted octanol–water partition coefficient (Wildman–Crippen LogP) is 2.90. The third kappa shape index (κ3) is 3.99. The Kier molecular flexibility index (Phi) is 5.56. The molecule has 0 aliphatic rings. The van der Waals surface area contributed by atoms with Crippen molar-refractivity contribution in [2.24, 2.45) is 0 Å². The largest absolute Gasteiger partial charge is 0.494 e. The van der Waals surface area contributed by atoms with Gasteiger partial charge in [0.2, 0.25) is 0 Å². The fourth-order valence-electron chi connectivity index (χ4n) is 1.53. The van der Waals surface area contributed by atoms with Gasteiger partial charge in [-0.15, -0.1) is 11.6 Å². The van der Waals surface area contributed by atoms with E-state index in [1.165, 1.54) is 13.2 Å². The Hall–Kier alpha value is -0.800. The smallest absolute Gasteiger partial charge is 0.165 e. The summed E-state index contributed by atoms with van der Waals surface area (Å²) >= 11 is 5.61. The van der Waals surface area contributed by atoms with Crippen molar-refractivity contribution in [1.29, 1.82) is 0 Å². The van der Waals surface area contributed by atoms with Crippen LogP contribution in [0.25, 0.3) is 0 Å². The van der Waals surface area contributed by atoms with Crippen molar-refractivity contribution in [3.05, 3.63) is 29.6 Å². The molecule has 0 saturated heterocycles. The maximum absolute atomic E-state index is 13.4. The average Bonchev–Trinajstić information content (AvgIpc) is 2.26. The van der Waals surface area contributed by atoms with Crippen LogP contribution in [-0.2, 0) is 6.54 Å². The lowest BCUT2D eigenvalue weighted by molar-refractivity contribution is 0.326. The summed E-state index contributed by atoms with van der Waals surface area (Å²) in [4.78, 5) is 2.11. The van der Waals surface area contributed by atoms with Crippen LogP contribution in [0.4, 0.5) is 4.39 Å². The Morgan fingerprint density at radius 1 is 1.44 bits per heavy atom. The quantitative estimate of drug-likeness (QED) is 0.715. The van der Waals surface area contributed by atoms with Gasteiger partial charge in [0.25, 0.3) is 0 Å². The highest BCUT2D eigenvalue weighted by molar-refractivity contribution is 6.17. The molecule has 0 aromatic heterocycles. The van der Waals surface area contributed by atoms with Crippen LogP contribution in [0.3, 0.4) is 0 Å². The molecule has 0 saturated carbocycles. The topological polar surface area (TPSA) is 12.5 Å². The van der Waals surface area contributed by atoms with Crippen LogP contribution in [0.15, 0.2) is 18.2 Å². The highest BCUT2D eigenvalue weighted by Crippen LogP contribution is 2.18. The van der Waals surface area contributed by atoms with Crippen molar-refractivity contribution < 1.29 is 9.13 Å². The second-order valence-corrected chi connectivity index (χ2v) is 4.13. The first-order chi connectivity index (χ1) is 7.67. The third-order valence-corrected chi connectivity index (χ3v) is 2.61. The van der Waals surface area contributed by atoms with Gasteiger partial charge in [0.15, 0.2) is 11.6 Å². The summed E-state index contributed by atoms with van der Waals surface area (Å²) in [6.45, 7) is 1.63. The van der Waals surface area contributed by atoms with Gasteiger partial charge in [0, 0.05) is 12.4 Å². The molecule has 0 aliphatic carbocycles. The number of rotatable bonds is 6. The van der Waals surface area contributed by atoms with Gasteiger partial charge in [-0.25, -0.2) is 4.39 Å². The van der Waals surface area contributed by atoms with Gasteiger partial charge in [-0.1, -0.05) is 6.07 Å². The summed E-state index contributed by atoms with van der Waals surface area (Å²) in [6.07, 6.45) is 0.941. The summed E-state index contributed by atoms with van der Waals surface area (Å²) in [7, 11) is 3.46. The average molecular weight is 246 g/mol. The van der Waals surface area contributed by atoms with E-state index in [1.807, 2.05) is 13.1 Å². The second-order valence-electron chi connectivity index (χ2n) is 3.75. The molecular formula is C12H17ClFNO. The van der Waals surface area contributed by atoms with Gasteiger partial charge in [-0.2, -0.15) is 0 Å². The molecule has 1 aromatic carbocycles. The fourth-order valence-corrected chi connectivity index (χ4v) is 1.65. The first-order valence-corrected chi connectivity index (χ1v) is 5.77. The van der Waals surface area contributed by atoms with Crippen molar-refractivity contribution in [2.45, 2.75) is 13.0 Å². The summed E-state index contributed by atoms with van der Waals surface area (Å²) < 4.78 is 18.3. The van der Waals surface area contributed by atoms with E-state index in [4.69, 9.17) is 16.3 Å². The maximum Gasteiger partial charge on any atom is 0.165 e. The Labute approximate surface area is 101 Å². The van der Waals surface area contributed by atoms with Crippen molar-refractivity contribution in [3.8, 4) is 5.75 Å². The molecule has 0 heterocycles. The second kappa shape index (κ2) is 6.71. The van der Waals surface area contributed by atoms with Crippen LogP contribution >= 0.6 is 11.6 Å². The predicted molar refractivity (Wildman–Crippen MR) is 64.6 cm³/mol. The zero-order chi connectivity index (χ0) is 12.0. The van der Waals surface area contributed by atoms with Crippen molar-refractivity contribution in [1.82, 2.24) is 4.90 Å². The van der Waals surface area contributed by atoms with Gasteiger partial charge in [0.05, 0.1) is 7.11 Å². The molecule has 0 unspecified atom stereocenters. The van der Waals surface area contributed by atoms with Crippen LogP contribution < -0.4 is 4.74 Å². The standard InChI is InChI=1S/C12H17ClFNO/c1-15(7-3-6-13)9-10-4-5-12(16-2)11(14)8-10/h4-5,8H,3,6-7,9H2,1-2H3. The lowest BCUT2D eigenvalue weighted by Gasteiger charge is -2.16. The van der Waals surface area contributed by atoms with Crippen molar-refractivity contribution in [2.75, 3.05) is 26.6 Å². The Balaban J connectivity index is 2.57. The molecule has 4 heteroatoms. The Bertz CT molecular complexity index is 333. The first kappa shape index (κ1) is 13.3. The molecule has 90 valence electrons. The van der Waals surface area contributed by atoms with E-state index in [9.17, 15) is 4.39 Å². The minimum atomic E-state index is -0.314. The monoisotopic (exact) mass is 245 g/mol. The number of hydrogen-bond acceptors (Lipinski definition) is 2. The van der Waals surface area contributed by atoms with E-state index < -0.39 is 0 Å². The first-order valence-electron chi connectivity index (χ1n) is 5.24. The van der Waals surface area contributed by atoms with Gasteiger partial charge in [-0.05, 0) is 37.7 Å². The molecule has 2 nitrogen and oxygen atoms in total.